The van der Waals surface area contributed by atoms with Crippen LogP contribution in [0, 0.1) is 20.8 Å². The van der Waals surface area contributed by atoms with Crippen LogP contribution in [-0.4, -0.2) is 43.8 Å². The average molecular weight is 490 g/mol. The fourth-order valence-corrected chi connectivity index (χ4v) is 5.33. The van der Waals surface area contributed by atoms with Gasteiger partial charge in [-0.1, -0.05) is 42.1 Å². The third kappa shape index (κ3) is 5.65. The van der Waals surface area contributed by atoms with Gasteiger partial charge in [0.25, 0.3) is 5.91 Å². The lowest BCUT2D eigenvalue weighted by molar-refractivity contribution is -0.113. The molecule has 182 valence electrons. The van der Waals surface area contributed by atoms with Crippen LogP contribution in [0.15, 0.2) is 60.3 Å². The number of nitrogens with zero attached hydrogens (tertiary/aromatic N) is 4. The molecule has 1 atom stereocenters. The normalized spacial score (nSPS) is 15.3. The minimum Gasteiger partial charge on any atom is -0.328 e. The Kier molecular flexibility index (Phi) is 7.70. The third-order valence-electron chi connectivity index (χ3n) is 6.08. The predicted molar refractivity (Wildman–Crippen MR) is 140 cm³/mol. The third-order valence-corrected chi connectivity index (χ3v) is 7.05. The van der Waals surface area contributed by atoms with Crippen LogP contribution >= 0.6 is 11.8 Å². The summed E-state index contributed by atoms with van der Waals surface area (Å²) in [4.78, 5) is 27.9. The first-order valence-corrected chi connectivity index (χ1v) is 12.8. The maximum absolute atomic E-state index is 13.4. The number of hydrogen-bond acceptors (Lipinski definition) is 5. The molecule has 1 N–H and O–H groups in total. The van der Waals surface area contributed by atoms with Crippen molar-refractivity contribution in [3.8, 4) is 0 Å². The number of rotatable bonds is 8. The molecule has 8 heteroatoms. The standard InChI is InChI=1S/C27H31N5O2S/c1-5-12-32-25(23-11-8-13-31(23)26(34)22-10-7-6-9-20(22)4)29-30-27(32)35-17-24(33)28-21-15-18(2)14-19(3)16-21/h5-7,9-10,14-16,23H,1,8,11-13,17H2,2-4H3,(H,28,33). The van der Waals surface area contributed by atoms with E-state index in [-0.39, 0.29) is 23.6 Å². The van der Waals surface area contributed by atoms with E-state index in [1.165, 1.54) is 11.8 Å². The molecule has 0 radical (unpaired) electrons. The van der Waals surface area contributed by atoms with E-state index in [9.17, 15) is 9.59 Å². The van der Waals surface area contributed by atoms with E-state index < -0.39 is 0 Å². The highest BCUT2D eigenvalue weighted by atomic mass is 32.2. The Balaban J connectivity index is 1.50. The Labute approximate surface area is 210 Å². The van der Waals surface area contributed by atoms with Crippen LogP contribution in [0.2, 0.25) is 0 Å². The van der Waals surface area contributed by atoms with Gasteiger partial charge < -0.3 is 14.8 Å². The molecule has 7 nitrogen and oxygen atoms in total. The number of anilines is 1. The average Bonchev–Trinajstić information content (AvgIpc) is 3.44. The van der Waals surface area contributed by atoms with Crippen molar-refractivity contribution in [1.82, 2.24) is 19.7 Å². The summed E-state index contributed by atoms with van der Waals surface area (Å²) >= 11 is 1.34. The molecule has 3 aromatic rings. The zero-order valence-electron chi connectivity index (χ0n) is 20.5. The lowest BCUT2D eigenvalue weighted by atomic mass is 10.1. The van der Waals surface area contributed by atoms with Crippen molar-refractivity contribution in [3.05, 3.63) is 83.2 Å². The fraction of sp³-hybridized carbons (Fsp3) is 0.333. The molecule has 35 heavy (non-hydrogen) atoms. The second kappa shape index (κ2) is 10.9. The molecule has 0 aliphatic carbocycles. The quantitative estimate of drug-likeness (QED) is 0.352. The molecule has 1 aliphatic rings. The second-order valence-corrected chi connectivity index (χ2v) is 9.87. The van der Waals surface area contributed by atoms with Gasteiger partial charge in [0.1, 0.15) is 0 Å². The van der Waals surface area contributed by atoms with E-state index in [2.05, 4.69) is 28.2 Å². The largest absolute Gasteiger partial charge is 0.328 e. The zero-order valence-corrected chi connectivity index (χ0v) is 21.3. The maximum atomic E-state index is 13.4. The number of thioether (sulfide) groups is 1. The summed E-state index contributed by atoms with van der Waals surface area (Å²) in [5.41, 5.74) is 4.67. The highest BCUT2D eigenvalue weighted by molar-refractivity contribution is 7.99. The highest BCUT2D eigenvalue weighted by Gasteiger charge is 2.35. The van der Waals surface area contributed by atoms with Crippen molar-refractivity contribution in [3.63, 3.8) is 0 Å². The van der Waals surface area contributed by atoms with E-state index >= 15 is 0 Å². The van der Waals surface area contributed by atoms with E-state index in [1.54, 1.807) is 6.08 Å². The van der Waals surface area contributed by atoms with Crippen LogP contribution < -0.4 is 5.32 Å². The SMILES string of the molecule is C=CCn1c(SCC(=O)Nc2cc(C)cc(C)c2)nnc1C1CCCN1C(=O)c1ccccc1C. The summed E-state index contributed by atoms with van der Waals surface area (Å²) in [6, 6.07) is 13.5. The van der Waals surface area contributed by atoms with Crippen LogP contribution in [0.4, 0.5) is 5.69 Å². The Bertz CT molecular complexity index is 1230. The molecule has 2 aromatic carbocycles. The smallest absolute Gasteiger partial charge is 0.254 e. The maximum Gasteiger partial charge on any atom is 0.254 e. The number of carbonyl (C=O) groups is 2. The molecule has 4 rings (SSSR count). The van der Waals surface area contributed by atoms with Gasteiger partial charge >= 0.3 is 0 Å². The molecule has 1 aliphatic heterocycles. The van der Waals surface area contributed by atoms with Crippen LogP contribution in [-0.2, 0) is 11.3 Å². The van der Waals surface area contributed by atoms with Crippen LogP contribution in [0.3, 0.4) is 0 Å². The molecule has 1 fully saturated rings. The first-order chi connectivity index (χ1) is 16.9. The first kappa shape index (κ1) is 24.7. The molecule has 1 unspecified atom stereocenters. The van der Waals surface area contributed by atoms with Crippen LogP contribution in [0.25, 0.3) is 0 Å². The number of likely N-dealkylation sites (tertiary alicyclic amines) is 1. The van der Waals surface area contributed by atoms with Gasteiger partial charge in [0.05, 0.1) is 11.8 Å². The Morgan fingerprint density at radius 3 is 2.60 bits per heavy atom. The number of nitrogens with one attached hydrogen (secondary N) is 1. The van der Waals surface area contributed by atoms with Gasteiger partial charge in [0.2, 0.25) is 5.91 Å². The van der Waals surface area contributed by atoms with Gasteiger partial charge in [0, 0.05) is 24.3 Å². The summed E-state index contributed by atoms with van der Waals surface area (Å²) in [5.74, 6) is 0.855. The predicted octanol–water partition coefficient (Wildman–Crippen LogP) is 5.10. The molecule has 1 saturated heterocycles. The van der Waals surface area contributed by atoms with Gasteiger partial charge in [-0.15, -0.1) is 16.8 Å². The Morgan fingerprint density at radius 2 is 1.89 bits per heavy atom. The Morgan fingerprint density at radius 1 is 1.14 bits per heavy atom. The molecule has 2 heterocycles. The number of aryl methyl sites for hydroxylation is 3. The lowest BCUT2D eigenvalue weighted by Gasteiger charge is -2.25. The van der Waals surface area contributed by atoms with Crippen LogP contribution in [0.1, 0.15) is 51.8 Å². The molecule has 2 amide bonds. The van der Waals surface area contributed by atoms with Crippen molar-refractivity contribution in [1.29, 1.82) is 0 Å². The van der Waals surface area contributed by atoms with Crippen molar-refractivity contribution in [2.24, 2.45) is 0 Å². The minimum atomic E-state index is -0.159. The Hall–Kier alpha value is -3.39. The lowest BCUT2D eigenvalue weighted by Crippen LogP contribution is -2.32. The summed E-state index contributed by atoms with van der Waals surface area (Å²) in [6.07, 6.45) is 3.52. The van der Waals surface area contributed by atoms with Crippen molar-refractivity contribution in [2.75, 3.05) is 17.6 Å². The van der Waals surface area contributed by atoms with Crippen LogP contribution in [0.5, 0.6) is 0 Å². The van der Waals surface area contributed by atoms with E-state index in [0.717, 1.165) is 41.0 Å². The topological polar surface area (TPSA) is 80.1 Å². The summed E-state index contributed by atoms with van der Waals surface area (Å²) in [6.45, 7) is 11.0. The van der Waals surface area contributed by atoms with Crippen molar-refractivity contribution in [2.45, 2.75) is 51.4 Å². The van der Waals surface area contributed by atoms with E-state index in [1.807, 2.05) is 66.6 Å². The minimum absolute atomic E-state index is 0.0146. The van der Waals surface area contributed by atoms with Gasteiger partial charge in [-0.25, -0.2) is 0 Å². The molecular weight excluding hydrogens is 458 g/mol. The van der Waals surface area contributed by atoms with E-state index in [0.29, 0.717) is 23.8 Å². The van der Waals surface area contributed by atoms with E-state index in [4.69, 9.17) is 0 Å². The molecule has 0 spiro atoms. The monoisotopic (exact) mass is 489 g/mol. The number of amides is 2. The number of aromatic nitrogens is 3. The molecular formula is C27H31N5O2S. The van der Waals surface area contributed by atoms with Crippen molar-refractivity contribution < 1.29 is 9.59 Å². The number of carbonyl (C=O) groups excluding carboxylic acids is 2. The van der Waals surface area contributed by atoms with Crippen molar-refractivity contribution >= 4 is 29.3 Å². The van der Waals surface area contributed by atoms with Gasteiger partial charge in [-0.2, -0.15) is 0 Å². The van der Waals surface area contributed by atoms with Gasteiger partial charge in [-0.3, -0.25) is 9.59 Å². The zero-order chi connectivity index (χ0) is 24.9. The highest BCUT2D eigenvalue weighted by Crippen LogP contribution is 2.34. The molecule has 0 bridgehead atoms. The molecule has 1 aromatic heterocycles. The first-order valence-electron chi connectivity index (χ1n) is 11.8. The summed E-state index contributed by atoms with van der Waals surface area (Å²) in [7, 11) is 0. The number of hydrogen-bond donors (Lipinski definition) is 1. The fourth-order valence-electron chi connectivity index (χ4n) is 4.57. The summed E-state index contributed by atoms with van der Waals surface area (Å²) < 4.78 is 1.97. The van der Waals surface area contributed by atoms with Gasteiger partial charge in [-0.05, 0) is 68.5 Å². The summed E-state index contributed by atoms with van der Waals surface area (Å²) in [5, 5.41) is 12.5. The number of benzene rings is 2. The second-order valence-electron chi connectivity index (χ2n) is 8.92. The van der Waals surface area contributed by atoms with Gasteiger partial charge in [0.15, 0.2) is 11.0 Å². The molecule has 0 saturated carbocycles. The number of allylic oxidation sites excluding steroid dienone is 1.